The predicted octanol–water partition coefficient (Wildman–Crippen LogP) is 4.11. The molecule has 5 heteroatoms. The molecule has 1 aliphatic rings. The largest absolute Gasteiger partial charge is 0.361 e. The van der Waals surface area contributed by atoms with Crippen molar-refractivity contribution in [2.45, 2.75) is 44.6 Å². The zero-order valence-corrected chi connectivity index (χ0v) is 14.3. The SMILES string of the molecule is Cc1cc(CN(C)C(=O)C2(c3cccc(Cl)c3)CCCC2)no1. The third kappa shape index (κ3) is 3.13. The van der Waals surface area contributed by atoms with Gasteiger partial charge in [0.05, 0.1) is 12.0 Å². The molecule has 2 aromatic rings. The standard InChI is InChI=1S/C18H21ClN2O2/c1-13-10-16(20-23-13)12-21(2)17(22)18(8-3-4-9-18)14-6-5-7-15(19)11-14/h5-7,10-11H,3-4,8-9,12H2,1-2H3. The van der Waals surface area contributed by atoms with Gasteiger partial charge in [-0.1, -0.05) is 41.7 Å². The van der Waals surface area contributed by atoms with Crippen molar-refractivity contribution in [3.8, 4) is 0 Å². The Labute approximate surface area is 141 Å². The summed E-state index contributed by atoms with van der Waals surface area (Å²) in [6.45, 7) is 2.31. The molecule has 0 atom stereocenters. The Hall–Kier alpha value is -1.81. The molecule has 0 radical (unpaired) electrons. The Morgan fingerprint density at radius 1 is 1.35 bits per heavy atom. The molecule has 4 nitrogen and oxygen atoms in total. The molecule has 1 aromatic carbocycles. The Morgan fingerprint density at radius 3 is 2.70 bits per heavy atom. The van der Waals surface area contributed by atoms with Crippen LogP contribution in [0.3, 0.4) is 0 Å². The molecule has 0 saturated heterocycles. The van der Waals surface area contributed by atoms with Crippen molar-refractivity contribution in [2.75, 3.05) is 7.05 Å². The van der Waals surface area contributed by atoms with Crippen LogP contribution in [-0.4, -0.2) is 23.0 Å². The highest BCUT2D eigenvalue weighted by Crippen LogP contribution is 2.43. The van der Waals surface area contributed by atoms with Crippen LogP contribution in [0.5, 0.6) is 0 Å². The number of carbonyl (C=O) groups excluding carboxylic acids is 1. The van der Waals surface area contributed by atoms with Gasteiger partial charge in [0.2, 0.25) is 5.91 Å². The molecule has 23 heavy (non-hydrogen) atoms. The maximum absolute atomic E-state index is 13.2. The average Bonchev–Trinajstić information content (AvgIpc) is 3.16. The van der Waals surface area contributed by atoms with Gasteiger partial charge in [-0.25, -0.2) is 0 Å². The molecule has 1 aliphatic carbocycles. The highest BCUT2D eigenvalue weighted by molar-refractivity contribution is 6.30. The second-order valence-electron chi connectivity index (χ2n) is 6.39. The summed E-state index contributed by atoms with van der Waals surface area (Å²) < 4.78 is 5.09. The zero-order chi connectivity index (χ0) is 16.4. The smallest absolute Gasteiger partial charge is 0.233 e. The minimum atomic E-state index is -0.460. The van der Waals surface area contributed by atoms with E-state index < -0.39 is 5.41 Å². The van der Waals surface area contributed by atoms with E-state index in [1.165, 1.54) is 0 Å². The number of likely N-dealkylation sites (N-methyl/N-ethyl adjacent to an activating group) is 1. The molecule has 0 bridgehead atoms. The topological polar surface area (TPSA) is 46.3 Å². The molecule has 1 amide bonds. The molecule has 1 fully saturated rings. The summed E-state index contributed by atoms with van der Waals surface area (Å²) >= 11 is 6.15. The second-order valence-corrected chi connectivity index (χ2v) is 6.83. The Morgan fingerprint density at radius 2 is 2.09 bits per heavy atom. The lowest BCUT2D eigenvalue weighted by atomic mass is 9.77. The number of amides is 1. The van der Waals surface area contributed by atoms with E-state index in [1.807, 2.05) is 44.3 Å². The van der Waals surface area contributed by atoms with Crippen LogP contribution in [0.2, 0.25) is 5.02 Å². The summed E-state index contributed by atoms with van der Waals surface area (Å²) in [5, 5.41) is 4.66. The number of aryl methyl sites for hydroxylation is 1. The van der Waals surface area contributed by atoms with E-state index in [9.17, 15) is 4.79 Å². The fraction of sp³-hybridized carbons (Fsp3) is 0.444. The van der Waals surface area contributed by atoms with Gasteiger partial charge >= 0.3 is 0 Å². The van der Waals surface area contributed by atoms with Crippen LogP contribution in [0.1, 0.15) is 42.7 Å². The molecule has 1 aromatic heterocycles. The molecule has 0 N–H and O–H groups in total. The van der Waals surface area contributed by atoms with Gasteiger partial charge in [-0.3, -0.25) is 4.79 Å². The van der Waals surface area contributed by atoms with Crippen molar-refractivity contribution in [2.24, 2.45) is 0 Å². The summed E-state index contributed by atoms with van der Waals surface area (Å²) in [4.78, 5) is 15.0. The van der Waals surface area contributed by atoms with Crippen molar-refractivity contribution < 1.29 is 9.32 Å². The average molecular weight is 333 g/mol. The van der Waals surface area contributed by atoms with Crippen LogP contribution in [0.4, 0.5) is 0 Å². The van der Waals surface area contributed by atoms with E-state index in [0.717, 1.165) is 42.7 Å². The molecular formula is C18H21ClN2O2. The monoisotopic (exact) mass is 332 g/mol. The van der Waals surface area contributed by atoms with Crippen LogP contribution in [0, 0.1) is 6.92 Å². The Balaban J connectivity index is 1.87. The van der Waals surface area contributed by atoms with Crippen LogP contribution in [0.25, 0.3) is 0 Å². The number of hydrogen-bond acceptors (Lipinski definition) is 3. The summed E-state index contributed by atoms with van der Waals surface area (Å²) in [6, 6.07) is 9.58. The lowest BCUT2D eigenvalue weighted by Gasteiger charge is -2.32. The minimum absolute atomic E-state index is 0.137. The van der Waals surface area contributed by atoms with Gasteiger partial charge in [0.1, 0.15) is 11.5 Å². The maximum atomic E-state index is 13.2. The predicted molar refractivity (Wildman–Crippen MR) is 89.3 cm³/mol. The van der Waals surface area contributed by atoms with E-state index in [1.54, 1.807) is 4.90 Å². The molecule has 0 spiro atoms. The molecule has 122 valence electrons. The first kappa shape index (κ1) is 16.1. The summed E-state index contributed by atoms with van der Waals surface area (Å²) in [7, 11) is 1.83. The molecule has 1 heterocycles. The molecule has 1 saturated carbocycles. The van der Waals surface area contributed by atoms with Crippen molar-refractivity contribution >= 4 is 17.5 Å². The van der Waals surface area contributed by atoms with Crippen molar-refractivity contribution in [1.29, 1.82) is 0 Å². The number of benzene rings is 1. The highest BCUT2D eigenvalue weighted by Gasteiger charge is 2.44. The van der Waals surface area contributed by atoms with Gasteiger partial charge in [-0.15, -0.1) is 0 Å². The van der Waals surface area contributed by atoms with E-state index in [4.69, 9.17) is 16.1 Å². The van der Waals surface area contributed by atoms with Gasteiger partial charge in [0.15, 0.2) is 0 Å². The van der Waals surface area contributed by atoms with Gasteiger partial charge in [-0.05, 0) is 37.5 Å². The van der Waals surface area contributed by atoms with Crippen LogP contribution in [-0.2, 0) is 16.8 Å². The van der Waals surface area contributed by atoms with Crippen LogP contribution >= 0.6 is 11.6 Å². The normalized spacial score (nSPS) is 16.5. The van der Waals surface area contributed by atoms with E-state index in [-0.39, 0.29) is 5.91 Å². The first-order valence-corrected chi connectivity index (χ1v) is 8.33. The second kappa shape index (κ2) is 6.36. The van der Waals surface area contributed by atoms with Crippen LogP contribution in [0.15, 0.2) is 34.9 Å². The Kier molecular flexibility index (Phi) is 4.44. The number of hydrogen-bond donors (Lipinski definition) is 0. The number of aromatic nitrogens is 1. The molecule has 0 unspecified atom stereocenters. The first-order valence-electron chi connectivity index (χ1n) is 7.95. The van der Waals surface area contributed by atoms with Crippen molar-refractivity contribution in [3.63, 3.8) is 0 Å². The third-order valence-corrected chi connectivity index (χ3v) is 4.90. The van der Waals surface area contributed by atoms with Crippen molar-refractivity contribution in [1.82, 2.24) is 10.1 Å². The fourth-order valence-corrected chi connectivity index (χ4v) is 3.75. The quantitative estimate of drug-likeness (QED) is 0.846. The minimum Gasteiger partial charge on any atom is -0.361 e. The fourth-order valence-electron chi connectivity index (χ4n) is 3.56. The number of rotatable bonds is 4. The first-order chi connectivity index (χ1) is 11.0. The lowest BCUT2D eigenvalue weighted by molar-refractivity contribution is -0.136. The van der Waals surface area contributed by atoms with E-state index in [0.29, 0.717) is 11.6 Å². The summed E-state index contributed by atoms with van der Waals surface area (Å²) in [5.41, 5.74) is 1.34. The molecule has 3 rings (SSSR count). The third-order valence-electron chi connectivity index (χ3n) is 4.67. The number of halogens is 1. The lowest BCUT2D eigenvalue weighted by Crippen LogP contribution is -2.43. The number of nitrogens with zero attached hydrogens (tertiary/aromatic N) is 2. The Bertz CT molecular complexity index is 705. The van der Waals surface area contributed by atoms with Crippen molar-refractivity contribution in [3.05, 3.63) is 52.4 Å². The highest BCUT2D eigenvalue weighted by atomic mass is 35.5. The number of carbonyl (C=O) groups is 1. The maximum Gasteiger partial charge on any atom is 0.233 e. The molecular weight excluding hydrogens is 312 g/mol. The van der Waals surface area contributed by atoms with E-state index in [2.05, 4.69) is 5.16 Å². The zero-order valence-electron chi connectivity index (χ0n) is 13.5. The van der Waals surface area contributed by atoms with Gasteiger partial charge in [0, 0.05) is 18.1 Å². The molecule has 0 aliphatic heterocycles. The van der Waals surface area contributed by atoms with Gasteiger partial charge < -0.3 is 9.42 Å². The van der Waals surface area contributed by atoms with Gasteiger partial charge in [-0.2, -0.15) is 0 Å². The van der Waals surface area contributed by atoms with E-state index >= 15 is 0 Å². The van der Waals surface area contributed by atoms with Gasteiger partial charge in [0.25, 0.3) is 0 Å². The van der Waals surface area contributed by atoms with Crippen LogP contribution < -0.4 is 0 Å². The summed E-state index contributed by atoms with van der Waals surface area (Å²) in [6.07, 6.45) is 3.87. The summed E-state index contributed by atoms with van der Waals surface area (Å²) in [5.74, 6) is 0.893.